The number of hydrogen-bond donors (Lipinski definition) is 1. The van der Waals surface area contributed by atoms with Crippen LogP contribution in [-0.4, -0.2) is 15.7 Å². The molecule has 0 radical (unpaired) electrons. The number of anilines is 1. The van der Waals surface area contributed by atoms with Gasteiger partial charge in [-0.15, -0.1) is 0 Å². The van der Waals surface area contributed by atoms with Crippen molar-refractivity contribution < 1.29 is 13.9 Å². The second kappa shape index (κ2) is 5.73. The molecule has 0 aliphatic carbocycles. The van der Waals surface area contributed by atoms with E-state index in [1.807, 2.05) is 6.92 Å². The number of nitrogens with one attached hydrogen (secondary N) is 1. The van der Waals surface area contributed by atoms with E-state index in [0.29, 0.717) is 17.1 Å². The molecule has 0 saturated heterocycles. The van der Waals surface area contributed by atoms with Crippen molar-refractivity contribution >= 4 is 11.6 Å². The fourth-order valence-corrected chi connectivity index (χ4v) is 1.87. The summed E-state index contributed by atoms with van der Waals surface area (Å²) >= 11 is 0. The first-order valence-electron chi connectivity index (χ1n) is 6.17. The van der Waals surface area contributed by atoms with Crippen molar-refractivity contribution in [2.45, 2.75) is 27.5 Å². The highest BCUT2D eigenvalue weighted by Crippen LogP contribution is 2.20. The Morgan fingerprint density at radius 3 is 2.85 bits per heavy atom. The Labute approximate surface area is 116 Å². The number of nitrogens with zero attached hydrogens (tertiary/aromatic N) is 2. The Morgan fingerprint density at radius 1 is 1.45 bits per heavy atom. The van der Waals surface area contributed by atoms with Crippen LogP contribution in [0.5, 0.6) is 5.75 Å². The second-order valence-electron chi connectivity index (χ2n) is 4.46. The van der Waals surface area contributed by atoms with Crippen LogP contribution in [0.3, 0.4) is 0 Å². The molecule has 0 atom stereocenters. The Bertz CT molecular complexity index is 637. The molecule has 0 bridgehead atoms. The summed E-state index contributed by atoms with van der Waals surface area (Å²) in [5.41, 5.74) is 2.18. The molecule has 106 valence electrons. The zero-order chi connectivity index (χ0) is 14.7. The summed E-state index contributed by atoms with van der Waals surface area (Å²) in [6, 6.07) is 5.91. The van der Waals surface area contributed by atoms with Crippen molar-refractivity contribution in [3.8, 4) is 5.75 Å². The minimum Gasteiger partial charge on any atom is -0.471 e. The maximum absolute atomic E-state index is 13.0. The van der Waals surface area contributed by atoms with Gasteiger partial charge in [0.25, 0.3) is 0 Å². The van der Waals surface area contributed by atoms with E-state index in [1.165, 1.54) is 19.1 Å². The van der Waals surface area contributed by atoms with Crippen LogP contribution >= 0.6 is 0 Å². The number of amides is 1. The standard InChI is InChI=1S/C14H16FN3O2/c1-9-14(16-11(3)19)10(2)18(17-9)8-20-13-6-4-5-12(15)7-13/h4-7H,8H2,1-3H3,(H,16,19). The molecule has 0 aliphatic heterocycles. The Morgan fingerprint density at radius 2 is 2.20 bits per heavy atom. The van der Waals surface area contributed by atoms with Gasteiger partial charge >= 0.3 is 0 Å². The smallest absolute Gasteiger partial charge is 0.221 e. The van der Waals surface area contributed by atoms with Gasteiger partial charge in [0.2, 0.25) is 5.91 Å². The number of hydrogen-bond acceptors (Lipinski definition) is 3. The van der Waals surface area contributed by atoms with Gasteiger partial charge in [-0.2, -0.15) is 5.10 Å². The minimum absolute atomic E-state index is 0.149. The van der Waals surface area contributed by atoms with E-state index in [2.05, 4.69) is 10.4 Å². The Hall–Kier alpha value is -2.37. The lowest BCUT2D eigenvalue weighted by Crippen LogP contribution is -2.10. The fraction of sp³-hybridized carbons (Fsp3) is 0.286. The van der Waals surface area contributed by atoms with Crippen molar-refractivity contribution in [3.63, 3.8) is 0 Å². The second-order valence-corrected chi connectivity index (χ2v) is 4.46. The average Bonchev–Trinajstić information content (AvgIpc) is 2.64. The van der Waals surface area contributed by atoms with Crippen LogP contribution in [0, 0.1) is 19.7 Å². The lowest BCUT2D eigenvalue weighted by atomic mass is 10.3. The molecule has 1 amide bonds. The van der Waals surface area contributed by atoms with Crippen LogP contribution < -0.4 is 10.1 Å². The fourth-order valence-electron chi connectivity index (χ4n) is 1.87. The molecule has 0 spiro atoms. The molecule has 1 aromatic carbocycles. The van der Waals surface area contributed by atoms with E-state index >= 15 is 0 Å². The molecule has 1 aromatic heterocycles. The summed E-state index contributed by atoms with van der Waals surface area (Å²) in [7, 11) is 0. The highest BCUT2D eigenvalue weighted by Gasteiger charge is 2.12. The number of aryl methyl sites for hydroxylation is 1. The highest BCUT2D eigenvalue weighted by atomic mass is 19.1. The number of carbonyl (C=O) groups is 1. The number of rotatable bonds is 4. The van der Waals surface area contributed by atoms with E-state index in [9.17, 15) is 9.18 Å². The van der Waals surface area contributed by atoms with E-state index in [-0.39, 0.29) is 18.5 Å². The predicted octanol–water partition coefficient (Wildman–Crippen LogP) is 2.63. The lowest BCUT2D eigenvalue weighted by molar-refractivity contribution is -0.114. The zero-order valence-electron chi connectivity index (χ0n) is 11.6. The van der Waals surface area contributed by atoms with Gasteiger partial charge in [0.15, 0.2) is 6.73 Å². The van der Waals surface area contributed by atoms with Crippen LogP contribution in [0.2, 0.25) is 0 Å². The summed E-state index contributed by atoms with van der Waals surface area (Å²) in [5.74, 6) is -0.0739. The van der Waals surface area contributed by atoms with Gasteiger partial charge in [-0.05, 0) is 26.0 Å². The van der Waals surface area contributed by atoms with E-state index in [1.54, 1.807) is 23.7 Å². The molecule has 2 rings (SSSR count). The van der Waals surface area contributed by atoms with Crippen molar-refractivity contribution in [1.82, 2.24) is 9.78 Å². The molecule has 0 fully saturated rings. The Balaban J connectivity index is 2.12. The molecule has 1 N–H and O–H groups in total. The summed E-state index contributed by atoms with van der Waals surface area (Å²) in [6.07, 6.45) is 0. The SMILES string of the molecule is CC(=O)Nc1c(C)nn(COc2cccc(F)c2)c1C. The third kappa shape index (κ3) is 3.14. The third-order valence-corrected chi connectivity index (χ3v) is 2.83. The lowest BCUT2D eigenvalue weighted by Gasteiger charge is -2.08. The summed E-state index contributed by atoms with van der Waals surface area (Å²) in [5, 5.41) is 7.02. The normalized spacial score (nSPS) is 10.4. The van der Waals surface area contributed by atoms with E-state index < -0.39 is 0 Å². The van der Waals surface area contributed by atoms with E-state index in [0.717, 1.165) is 5.69 Å². The van der Waals surface area contributed by atoms with Crippen LogP contribution in [0.25, 0.3) is 0 Å². The van der Waals surface area contributed by atoms with Crippen LogP contribution in [0.15, 0.2) is 24.3 Å². The van der Waals surface area contributed by atoms with Gasteiger partial charge in [0, 0.05) is 13.0 Å². The van der Waals surface area contributed by atoms with Gasteiger partial charge in [-0.25, -0.2) is 9.07 Å². The first-order chi connectivity index (χ1) is 9.47. The number of ether oxygens (including phenoxy) is 1. The molecule has 2 aromatic rings. The van der Waals surface area contributed by atoms with Gasteiger partial charge in [0.05, 0.1) is 17.1 Å². The van der Waals surface area contributed by atoms with Gasteiger partial charge in [-0.1, -0.05) is 6.07 Å². The quantitative estimate of drug-likeness (QED) is 0.934. The summed E-state index contributed by atoms with van der Waals surface area (Å²) in [4.78, 5) is 11.1. The maximum Gasteiger partial charge on any atom is 0.221 e. The molecular formula is C14H16FN3O2. The summed E-state index contributed by atoms with van der Waals surface area (Å²) in [6.45, 7) is 5.23. The van der Waals surface area contributed by atoms with Crippen molar-refractivity contribution in [3.05, 3.63) is 41.5 Å². The number of benzene rings is 1. The van der Waals surface area contributed by atoms with Crippen molar-refractivity contribution in [2.75, 3.05) is 5.32 Å². The monoisotopic (exact) mass is 277 g/mol. The maximum atomic E-state index is 13.0. The van der Waals surface area contributed by atoms with Crippen molar-refractivity contribution in [1.29, 1.82) is 0 Å². The molecule has 20 heavy (non-hydrogen) atoms. The van der Waals surface area contributed by atoms with Gasteiger partial charge in [-0.3, -0.25) is 4.79 Å². The number of aromatic nitrogens is 2. The molecule has 0 unspecified atom stereocenters. The first-order valence-corrected chi connectivity index (χ1v) is 6.17. The van der Waals surface area contributed by atoms with Crippen molar-refractivity contribution in [2.24, 2.45) is 0 Å². The van der Waals surface area contributed by atoms with Crippen LogP contribution in [-0.2, 0) is 11.5 Å². The molecule has 1 heterocycles. The number of carbonyl (C=O) groups excluding carboxylic acids is 1. The molecule has 0 aliphatic rings. The van der Waals surface area contributed by atoms with Crippen LogP contribution in [0.4, 0.5) is 10.1 Å². The average molecular weight is 277 g/mol. The van der Waals surface area contributed by atoms with Gasteiger partial charge in [0.1, 0.15) is 11.6 Å². The molecular weight excluding hydrogens is 261 g/mol. The highest BCUT2D eigenvalue weighted by molar-refractivity contribution is 5.89. The largest absolute Gasteiger partial charge is 0.471 e. The minimum atomic E-state index is -0.352. The molecule has 6 heteroatoms. The number of halogens is 1. The van der Waals surface area contributed by atoms with Crippen LogP contribution in [0.1, 0.15) is 18.3 Å². The predicted molar refractivity (Wildman–Crippen MR) is 73.0 cm³/mol. The van der Waals surface area contributed by atoms with E-state index in [4.69, 9.17) is 4.74 Å². The van der Waals surface area contributed by atoms with Gasteiger partial charge < -0.3 is 10.1 Å². The summed E-state index contributed by atoms with van der Waals surface area (Å²) < 4.78 is 20.1. The molecule has 0 saturated carbocycles. The Kier molecular flexibility index (Phi) is 4.02. The topological polar surface area (TPSA) is 56.2 Å². The first kappa shape index (κ1) is 14.0. The third-order valence-electron chi connectivity index (χ3n) is 2.83. The zero-order valence-corrected chi connectivity index (χ0v) is 11.6. The molecule has 5 nitrogen and oxygen atoms in total.